The Morgan fingerprint density at radius 2 is 2.36 bits per heavy atom. The second kappa shape index (κ2) is 5.51. The minimum Gasteiger partial charge on any atom is -0.303 e. The summed E-state index contributed by atoms with van der Waals surface area (Å²) < 4.78 is 1.85. The molecule has 0 saturated carbocycles. The van der Waals surface area contributed by atoms with Gasteiger partial charge in [-0.25, -0.2) is 0 Å². The van der Waals surface area contributed by atoms with Gasteiger partial charge in [0.05, 0.1) is 6.20 Å². The number of rotatable bonds is 5. The van der Waals surface area contributed by atoms with Crippen LogP contribution in [0.4, 0.5) is 0 Å². The Kier molecular flexibility index (Phi) is 4.62. The van der Waals surface area contributed by atoms with Crippen LogP contribution in [0, 0.1) is 0 Å². The van der Waals surface area contributed by atoms with Crippen LogP contribution >= 0.6 is 15.9 Å². The van der Waals surface area contributed by atoms with Crippen molar-refractivity contribution in [1.82, 2.24) is 14.7 Å². The van der Waals surface area contributed by atoms with E-state index in [4.69, 9.17) is 0 Å². The van der Waals surface area contributed by atoms with E-state index >= 15 is 0 Å². The minimum absolute atomic E-state index is 0.590. The summed E-state index contributed by atoms with van der Waals surface area (Å²) in [5, 5.41) is 5.17. The highest BCUT2D eigenvalue weighted by molar-refractivity contribution is 9.09. The van der Waals surface area contributed by atoms with Gasteiger partial charge in [-0.1, -0.05) is 15.9 Å². The molecule has 1 unspecified atom stereocenters. The van der Waals surface area contributed by atoms with Crippen molar-refractivity contribution >= 4 is 15.9 Å². The molecule has 1 aromatic heterocycles. The van der Waals surface area contributed by atoms with Gasteiger partial charge in [-0.05, 0) is 26.0 Å². The predicted octanol–water partition coefficient (Wildman–Crippen LogP) is 1.68. The first-order valence-corrected chi connectivity index (χ1v) is 5.99. The largest absolute Gasteiger partial charge is 0.303 e. The topological polar surface area (TPSA) is 21.1 Å². The number of hydrogen-bond donors (Lipinski definition) is 0. The van der Waals surface area contributed by atoms with Crippen molar-refractivity contribution in [2.75, 3.05) is 18.9 Å². The lowest BCUT2D eigenvalue weighted by Crippen LogP contribution is -2.31. The molecule has 3 nitrogen and oxygen atoms in total. The van der Waals surface area contributed by atoms with Crippen molar-refractivity contribution in [2.45, 2.75) is 19.4 Å². The smallest absolute Gasteiger partial charge is 0.0522 e. The predicted molar refractivity (Wildman–Crippen MR) is 62.8 cm³/mol. The van der Waals surface area contributed by atoms with Crippen molar-refractivity contribution in [3.8, 4) is 0 Å². The molecule has 0 aromatic carbocycles. The van der Waals surface area contributed by atoms with Crippen LogP contribution in [0.1, 0.15) is 12.5 Å². The van der Waals surface area contributed by atoms with Gasteiger partial charge >= 0.3 is 0 Å². The zero-order valence-electron chi connectivity index (χ0n) is 9.07. The highest BCUT2D eigenvalue weighted by atomic mass is 79.9. The molecule has 1 atom stereocenters. The Hall–Kier alpha value is -0.350. The first kappa shape index (κ1) is 11.7. The van der Waals surface area contributed by atoms with E-state index in [-0.39, 0.29) is 0 Å². The lowest BCUT2D eigenvalue weighted by molar-refractivity contribution is 0.282. The van der Waals surface area contributed by atoms with E-state index in [0.29, 0.717) is 6.04 Å². The molecule has 1 heterocycles. The van der Waals surface area contributed by atoms with Gasteiger partial charge in [-0.3, -0.25) is 4.68 Å². The molecule has 0 aliphatic carbocycles. The number of nitrogens with zero attached hydrogens (tertiary/aromatic N) is 3. The lowest BCUT2D eigenvalue weighted by atomic mass is 10.2. The van der Waals surface area contributed by atoms with Crippen LogP contribution in [-0.4, -0.2) is 39.6 Å². The van der Waals surface area contributed by atoms with E-state index in [2.05, 4.69) is 46.1 Å². The van der Waals surface area contributed by atoms with Crippen molar-refractivity contribution in [3.05, 3.63) is 18.0 Å². The molecule has 4 heteroatoms. The Morgan fingerprint density at radius 1 is 1.64 bits per heavy atom. The molecule has 0 fully saturated rings. The van der Waals surface area contributed by atoms with Crippen LogP contribution in [0.3, 0.4) is 0 Å². The molecular formula is C10H18BrN3. The zero-order chi connectivity index (χ0) is 10.6. The summed E-state index contributed by atoms with van der Waals surface area (Å²) in [5.74, 6) is 0. The highest BCUT2D eigenvalue weighted by Gasteiger charge is 2.07. The first-order valence-electron chi connectivity index (χ1n) is 4.87. The van der Waals surface area contributed by atoms with Crippen LogP contribution in [0.25, 0.3) is 0 Å². The SMILES string of the molecule is CC(CBr)N(C)CCc1cnn(C)c1. The molecule has 80 valence electrons. The second-order valence-electron chi connectivity index (χ2n) is 3.76. The number of likely N-dealkylation sites (N-methyl/N-ethyl adjacent to an activating group) is 1. The van der Waals surface area contributed by atoms with Crippen molar-refractivity contribution < 1.29 is 0 Å². The maximum atomic E-state index is 4.15. The molecule has 0 radical (unpaired) electrons. The average molecular weight is 260 g/mol. The van der Waals surface area contributed by atoms with Gasteiger partial charge < -0.3 is 4.90 Å². The molecule has 0 amide bonds. The third-order valence-corrected chi connectivity index (χ3v) is 3.42. The number of alkyl halides is 1. The highest BCUT2D eigenvalue weighted by Crippen LogP contribution is 2.03. The van der Waals surface area contributed by atoms with Gasteiger partial charge in [0.25, 0.3) is 0 Å². The average Bonchev–Trinajstić information content (AvgIpc) is 2.59. The standard InChI is InChI=1S/C10H18BrN3/c1-9(6-11)13(2)5-4-10-7-12-14(3)8-10/h7-9H,4-6H2,1-3H3. The molecule has 0 aliphatic heterocycles. The number of aromatic nitrogens is 2. The van der Waals surface area contributed by atoms with Crippen LogP contribution in [0.2, 0.25) is 0 Å². The first-order chi connectivity index (χ1) is 6.63. The normalized spacial score (nSPS) is 13.5. The van der Waals surface area contributed by atoms with Gasteiger partial charge in [0.15, 0.2) is 0 Å². The van der Waals surface area contributed by atoms with Crippen molar-refractivity contribution in [2.24, 2.45) is 7.05 Å². The fourth-order valence-electron chi connectivity index (χ4n) is 1.24. The summed E-state index contributed by atoms with van der Waals surface area (Å²) in [6.45, 7) is 3.30. The summed E-state index contributed by atoms with van der Waals surface area (Å²) in [5.41, 5.74) is 1.31. The summed E-state index contributed by atoms with van der Waals surface area (Å²) >= 11 is 3.49. The molecule has 0 bridgehead atoms. The maximum absolute atomic E-state index is 4.15. The fourth-order valence-corrected chi connectivity index (χ4v) is 1.74. The second-order valence-corrected chi connectivity index (χ2v) is 4.40. The Labute approximate surface area is 94.2 Å². The van der Waals surface area contributed by atoms with Gasteiger partial charge in [0.2, 0.25) is 0 Å². The van der Waals surface area contributed by atoms with E-state index in [1.807, 2.05) is 17.9 Å². The van der Waals surface area contributed by atoms with Gasteiger partial charge in [0.1, 0.15) is 0 Å². The monoisotopic (exact) mass is 259 g/mol. The van der Waals surface area contributed by atoms with Gasteiger partial charge in [-0.2, -0.15) is 5.10 Å². The summed E-state index contributed by atoms with van der Waals surface area (Å²) in [4.78, 5) is 2.35. The molecule has 1 rings (SSSR count). The van der Waals surface area contributed by atoms with Crippen LogP contribution < -0.4 is 0 Å². The van der Waals surface area contributed by atoms with E-state index < -0.39 is 0 Å². The third kappa shape index (κ3) is 3.42. The third-order valence-electron chi connectivity index (χ3n) is 2.49. The van der Waals surface area contributed by atoms with Crippen LogP contribution in [-0.2, 0) is 13.5 Å². The lowest BCUT2D eigenvalue weighted by Gasteiger charge is -2.22. The number of hydrogen-bond acceptors (Lipinski definition) is 2. The Balaban J connectivity index is 2.33. The minimum atomic E-state index is 0.590. The van der Waals surface area contributed by atoms with Gasteiger partial charge in [-0.15, -0.1) is 0 Å². The van der Waals surface area contributed by atoms with E-state index in [9.17, 15) is 0 Å². The number of halogens is 1. The van der Waals surface area contributed by atoms with E-state index in [1.54, 1.807) is 0 Å². The van der Waals surface area contributed by atoms with Crippen molar-refractivity contribution in [3.63, 3.8) is 0 Å². The fraction of sp³-hybridized carbons (Fsp3) is 0.700. The van der Waals surface area contributed by atoms with E-state index in [1.165, 1.54) is 5.56 Å². The maximum Gasteiger partial charge on any atom is 0.0522 e. The molecule has 0 saturated heterocycles. The van der Waals surface area contributed by atoms with Crippen LogP contribution in [0.5, 0.6) is 0 Å². The molecule has 0 spiro atoms. The molecular weight excluding hydrogens is 242 g/mol. The Morgan fingerprint density at radius 3 is 2.86 bits per heavy atom. The Bertz CT molecular complexity index is 272. The zero-order valence-corrected chi connectivity index (χ0v) is 10.7. The van der Waals surface area contributed by atoms with Crippen LogP contribution in [0.15, 0.2) is 12.4 Å². The molecule has 14 heavy (non-hydrogen) atoms. The summed E-state index contributed by atoms with van der Waals surface area (Å²) in [6.07, 6.45) is 5.08. The van der Waals surface area contributed by atoms with Crippen molar-refractivity contribution in [1.29, 1.82) is 0 Å². The van der Waals surface area contributed by atoms with Gasteiger partial charge in [0, 0.05) is 31.2 Å². The molecule has 0 N–H and O–H groups in total. The quantitative estimate of drug-likeness (QED) is 0.751. The molecule has 1 aromatic rings. The molecule has 0 aliphatic rings. The van der Waals surface area contributed by atoms with E-state index in [0.717, 1.165) is 18.3 Å². The number of aryl methyl sites for hydroxylation is 1. The summed E-state index contributed by atoms with van der Waals surface area (Å²) in [6, 6.07) is 0.590. The summed E-state index contributed by atoms with van der Waals surface area (Å²) in [7, 11) is 4.11.